The van der Waals surface area contributed by atoms with Crippen LogP contribution in [0.25, 0.3) is 0 Å². The summed E-state index contributed by atoms with van der Waals surface area (Å²) in [5.74, 6) is 2.19. The van der Waals surface area contributed by atoms with E-state index >= 15 is 0 Å². The first-order valence-corrected chi connectivity index (χ1v) is 11.0. The van der Waals surface area contributed by atoms with Crippen molar-refractivity contribution in [2.75, 3.05) is 51.0 Å². The van der Waals surface area contributed by atoms with E-state index in [1.807, 2.05) is 12.1 Å². The molecule has 6 heteroatoms. The minimum Gasteiger partial charge on any atom is -0.454 e. The van der Waals surface area contributed by atoms with Crippen molar-refractivity contribution in [3.8, 4) is 11.5 Å². The minimum atomic E-state index is 0.172. The molecule has 3 aliphatic rings. The first-order chi connectivity index (χ1) is 14.8. The van der Waals surface area contributed by atoms with Crippen LogP contribution >= 0.6 is 0 Å². The van der Waals surface area contributed by atoms with Crippen LogP contribution in [0.15, 0.2) is 48.5 Å². The van der Waals surface area contributed by atoms with Crippen LogP contribution in [0.3, 0.4) is 0 Å². The van der Waals surface area contributed by atoms with Crippen LogP contribution in [0, 0.1) is 5.92 Å². The average molecular weight is 408 g/mol. The maximum absolute atomic E-state index is 13.0. The molecule has 0 N–H and O–H groups in total. The predicted octanol–water partition coefficient (Wildman–Crippen LogP) is 2.98. The molecule has 3 aliphatic heterocycles. The van der Waals surface area contributed by atoms with Crippen molar-refractivity contribution in [3.05, 3.63) is 54.1 Å². The van der Waals surface area contributed by atoms with Crippen molar-refractivity contribution in [1.29, 1.82) is 0 Å². The molecule has 158 valence electrons. The molecule has 5 rings (SSSR count). The fraction of sp³-hybridized carbons (Fsp3) is 0.458. The number of ether oxygens (including phenoxy) is 2. The number of amides is 1. The van der Waals surface area contributed by atoms with E-state index < -0.39 is 0 Å². The van der Waals surface area contributed by atoms with Crippen LogP contribution in [-0.2, 0) is 11.3 Å². The van der Waals surface area contributed by atoms with Crippen molar-refractivity contribution < 1.29 is 14.3 Å². The zero-order valence-electron chi connectivity index (χ0n) is 17.3. The van der Waals surface area contributed by atoms with Gasteiger partial charge in [-0.1, -0.05) is 24.3 Å². The summed E-state index contributed by atoms with van der Waals surface area (Å²) in [4.78, 5) is 19.9. The summed E-state index contributed by atoms with van der Waals surface area (Å²) < 4.78 is 10.9. The topological polar surface area (TPSA) is 45.3 Å². The molecule has 6 nitrogen and oxygen atoms in total. The lowest BCUT2D eigenvalue weighted by Crippen LogP contribution is -2.51. The van der Waals surface area contributed by atoms with E-state index in [0.29, 0.717) is 12.7 Å². The van der Waals surface area contributed by atoms with Crippen LogP contribution in [0.5, 0.6) is 11.5 Å². The van der Waals surface area contributed by atoms with Gasteiger partial charge in [0.1, 0.15) is 0 Å². The number of anilines is 1. The number of carbonyl (C=O) groups excluding carboxylic acids is 1. The van der Waals surface area contributed by atoms with E-state index in [1.54, 1.807) is 0 Å². The standard InChI is InChI=1S/C24H29N3O3/c28-24(20-8-10-26(11-9-20)21-4-2-1-3-5-21)27-14-12-25(13-15-27)17-19-6-7-22-23(16-19)30-18-29-22/h1-7,16,20H,8-15,17-18H2. The van der Waals surface area contributed by atoms with Crippen LogP contribution in [-0.4, -0.2) is 61.8 Å². The molecule has 0 saturated carbocycles. The lowest BCUT2D eigenvalue weighted by molar-refractivity contribution is -0.138. The number of piperidine rings is 1. The second-order valence-corrected chi connectivity index (χ2v) is 8.39. The molecule has 0 atom stereocenters. The Morgan fingerprint density at radius 3 is 2.37 bits per heavy atom. The Bertz CT molecular complexity index is 873. The zero-order chi connectivity index (χ0) is 20.3. The van der Waals surface area contributed by atoms with E-state index in [4.69, 9.17) is 9.47 Å². The van der Waals surface area contributed by atoms with Crippen LogP contribution in [0.1, 0.15) is 18.4 Å². The summed E-state index contributed by atoms with van der Waals surface area (Å²) in [5.41, 5.74) is 2.49. The third kappa shape index (κ3) is 4.10. The van der Waals surface area contributed by atoms with Gasteiger partial charge in [0.25, 0.3) is 0 Å². The molecule has 2 aromatic rings. The van der Waals surface area contributed by atoms with Gasteiger partial charge in [0.05, 0.1) is 0 Å². The van der Waals surface area contributed by atoms with Gasteiger partial charge in [-0.3, -0.25) is 9.69 Å². The molecule has 0 radical (unpaired) electrons. The number of para-hydroxylation sites is 1. The minimum absolute atomic E-state index is 0.172. The van der Waals surface area contributed by atoms with Gasteiger partial charge in [-0.2, -0.15) is 0 Å². The summed E-state index contributed by atoms with van der Waals surface area (Å²) >= 11 is 0. The number of hydrogen-bond donors (Lipinski definition) is 0. The van der Waals surface area contributed by atoms with Crippen LogP contribution in [0.4, 0.5) is 5.69 Å². The molecule has 0 aromatic heterocycles. The zero-order valence-corrected chi connectivity index (χ0v) is 17.3. The average Bonchev–Trinajstić information content (AvgIpc) is 3.28. The number of fused-ring (bicyclic) bond motifs is 1. The van der Waals surface area contributed by atoms with Crippen LogP contribution in [0.2, 0.25) is 0 Å². The van der Waals surface area contributed by atoms with Crippen molar-refractivity contribution >= 4 is 11.6 Å². The molecule has 0 spiro atoms. The fourth-order valence-electron chi connectivity index (χ4n) is 4.71. The van der Waals surface area contributed by atoms with Gasteiger partial charge in [0.2, 0.25) is 12.7 Å². The highest BCUT2D eigenvalue weighted by atomic mass is 16.7. The smallest absolute Gasteiger partial charge is 0.231 e. The van der Waals surface area contributed by atoms with Gasteiger partial charge in [-0.25, -0.2) is 0 Å². The monoisotopic (exact) mass is 407 g/mol. The van der Waals surface area contributed by atoms with Crippen LogP contribution < -0.4 is 14.4 Å². The molecule has 0 bridgehead atoms. The Kier molecular flexibility index (Phi) is 5.49. The van der Waals surface area contributed by atoms with Crippen molar-refractivity contribution in [2.45, 2.75) is 19.4 Å². The molecule has 2 fully saturated rings. The Hall–Kier alpha value is -2.73. The quantitative estimate of drug-likeness (QED) is 0.780. The summed E-state index contributed by atoms with van der Waals surface area (Å²) in [6.07, 6.45) is 1.90. The first-order valence-electron chi connectivity index (χ1n) is 11.0. The highest BCUT2D eigenvalue weighted by Gasteiger charge is 2.30. The molecule has 0 unspecified atom stereocenters. The van der Waals surface area contributed by atoms with Crippen molar-refractivity contribution in [2.24, 2.45) is 5.92 Å². The maximum atomic E-state index is 13.0. The summed E-state index contributed by atoms with van der Waals surface area (Å²) in [6.45, 7) is 6.60. The molecule has 0 aliphatic carbocycles. The number of benzene rings is 2. The summed E-state index contributed by atoms with van der Waals surface area (Å²) in [7, 11) is 0. The normalized spacial score (nSPS) is 19.9. The molecular weight excluding hydrogens is 378 g/mol. The van der Waals surface area contributed by atoms with Gasteiger partial charge in [-0.05, 0) is 42.7 Å². The number of piperazine rings is 1. The Morgan fingerprint density at radius 2 is 1.60 bits per heavy atom. The molecule has 30 heavy (non-hydrogen) atoms. The van der Waals surface area contributed by atoms with E-state index in [9.17, 15) is 4.79 Å². The van der Waals surface area contributed by atoms with Gasteiger partial charge in [-0.15, -0.1) is 0 Å². The highest BCUT2D eigenvalue weighted by molar-refractivity contribution is 5.79. The second-order valence-electron chi connectivity index (χ2n) is 8.39. The Balaban J connectivity index is 1.09. The number of nitrogens with zero attached hydrogens (tertiary/aromatic N) is 3. The number of rotatable bonds is 4. The second kappa shape index (κ2) is 8.56. The number of carbonyl (C=O) groups is 1. The SMILES string of the molecule is O=C(C1CCN(c2ccccc2)CC1)N1CCN(Cc2ccc3c(c2)OCO3)CC1. The van der Waals surface area contributed by atoms with Gasteiger partial charge < -0.3 is 19.3 Å². The molecule has 2 aromatic carbocycles. The summed E-state index contributed by atoms with van der Waals surface area (Å²) in [5, 5.41) is 0. The van der Waals surface area contributed by atoms with E-state index in [1.165, 1.54) is 11.3 Å². The largest absolute Gasteiger partial charge is 0.454 e. The van der Waals surface area contributed by atoms with E-state index in [0.717, 1.165) is 70.2 Å². The Morgan fingerprint density at radius 1 is 0.867 bits per heavy atom. The summed E-state index contributed by atoms with van der Waals surface area (Å²) in [6, 6.07) is 16.7. The van der Waals surface area contributed by atoms with E-state index in [-0.39, 0.29) is 5.92 Å². The first kappa shape index (κ1) is 19.2. The van der Waals surface area contributed by atoms with Gasteiger partial charge >= 0.3 is 0 Å². The third-order valence-electron chi connectivity index (χ3n) is 6.49. The highest BCUT2D eigenvalue weighted by Crippen LogP contribution is 2.33. The predicted molar refractivity (Wildman–Crippen MR) is 116 cm³/mol. The lowest BCUT2D eigenvalue weighted by Gasteiger charge is -2.39. The maximum Gasteiger partial charge on any atom is 0.231 e. The third-order valence-corrected chi connectivity index (χ3v) is 6.49. The number of hydrogen-bond acceptors (Lipinski definition) is 5. The van der Waals surface area contributed by atoms with Gasteiger partial charge in [0.15, 0.2) is 11.5 Å². The molecule has 2 saturated heterocycles. The lowest BCUT2D eigenvalue weighted by atomic mass is 9.94. The van der Waals surface area contributed by atoms with Crippen molar-refractivity contribution in [1.82, 2.24) is 9.80 Å². The fourth-order valence-corrected chi connectivity index (χ4v) is 4.71. The molecule has 1 amide bonds. The Labute approximate surface area is 178 Å². The van der Waals surface area contributed by atoms with Gasteiger partial charge in [0, 0.05) is 57.4 Å². The van der Waals surface area contributed by atoms with E-state index in [2.05, 4.69) is 51.1 Å². The molecule has 3 heterocycles. The molecular formula is C24H29N3O3. The van der Waals surface area contributed by atoms with Crippen molar-refractivity contribution in [3.63, 3.8) is 0 Å².